The molecule has 5 nitrogen and oxygen atoms in total. The van der Waals surface area contributed by atoms with Crippen LogP contribution < -0.4 is 4.74 Å². The SMILES string of the molecule is Cc1cnc2c(C3=NC(C)(Cc4ccc(F)cc4)Oc4ccccc43)cnn2c1C. The lowest BCUT2D eigenvalue weighted by Crippen LogP contribution is -2.38. The van der Waals surface area contributed by atoms with E-state index in [1.54, 1.807) is 12.1 Å². The average molecular weight is 400 g/mol. The zero-order valence-electron chi connectivity index (χ0n) is 17.1. The molecule has 1 unspecified atom stereocenters. The van der Waals surface area contributed by atoms with E-state index in [4.69, 9.17) is 9.73 Å². The zero-order chi connectivity index (χ0) is 20.9. The van der Waals surface area contributed by atoms with Crippen LogP contribution in [-0.2, 0) is 6.42 Å². The molecule has 2 aromatic heterocycles. The Balaban J connectivity index is 1.66. The number of halogens is 1. The molecular weight excluding hydrogens is 379 g/mol. The molecule has 0 amide bonds. The van der Waals surface area contributed by atoms with Crippen LogP contribution in [0.25, 0.3) is 5.65 Å². The van der Waals surface area contributed by atoms with Gasteiger partial charge in [-0.1, -0.05) is 24.3 Å². The molecule has 3 heterocycles. The lowest BCUT2D eigenvalue weighted by Gasteiger charge is -2.33. The first-order valence-electron chi connectivity index (χ1n) is 9.86. The van der Waals surface area contributed by atoms with E-state index in [-0.39, 0.29) is 5.82 Å². The van der Waals surface area contributed by atoms with Crippen LogP contribution in [0, 0.1) is 19.7 Å². The molecule has 150 valence electrons. The summed E-state index contributed by atoms with van der Waals surface area (Å²) in [7, 11) is 0. The number of aliphatic imine (C=N–C) groups is 1. The molecule has 0 spiro atoms. The van der Waals surface area contributed by atoms with Crippen molar-refractivity contribution in [3.63, 3.8) is 0 Å². The smallest absolute Gasteiger partial charge is 0.202 e. The van der Waals surface area contributed by atoms with E-state index < -0.39 is 5.72 Å². The highest BCUT2D eigenvalue weighted by Crippen LogP contribution is 2.35. The fraction of sp³-hybridized carbons (Fsp3) is 0.208. The summed E-state index contributed by atoms with van der Waals surface area (Å²) in [6.45, 7) is 5.99. The number of rotatable bonds is 3. The fourth-order valence-corrected chi connectivity index (χ4v) is 3.87. The van der Waals surface area contributed by atoms with Gasteiger partial charge >= 0.3 is 0 Å². The van der Waals surface area contributed by atoms with E-state index in [2.05, 4.69) is 10.1 Å². The van der Waals surface area contributed by atoms with Crippen LogP contribution in [0.3, 0.4) is 0 Å². The van der Waals surface area contributed by atoms with E-state index in [1.165, 1.54) is 12.1 Å². The third-order valence-electron chi connectivity index (χ3n) is 5.53. The minimum Gasteiger partial charge on any atom is -0.465 e. The molecule has 0 saturated heterocycles. The van der Waals surface area contributed by atoms with Gasteiger partial charge in [0.15, 0.2) is 5.65 Å². The first-order chi connectivity index (χ1) is 14.4. The van der Waals surface area contributed by atoms with Gasteiger partial charge in [0.25, 0.3) is 0 Å². The van der Waals surface area contributed by atoms with Crippen molar-refractivity contribution in [3.05, 3.63) is 94.7 Å². The lowest BCUT2D eigenvalue weighted by molar-refractivity contribution is 0.0948. The summed E-state index contributed by atoms with van der Waals surface area (Å²) < 4.78 is 21.5. The summed E-state index contributed by atoms with van der Waals surface area (Å²) in [6.07, 6.45) is 4.18. The monoisotopic (exact) mass is 400 g/mol. The van der Waals surface area contributed by atoms with Gasteiger partial charge in [0, 0.05) is 23.9 Å². The second-order valence-electron chi connectivity index (χ2n) is 7.86. The van der Waals surface area contributed by atoms with Gasteiger partial charge < -0.3 is 4.74 Å². The highest BCUT2D eigenvalue weighted by atomic mass is 19.1. The molecule has 30 heavy (non-hydrogen) atoms. The van der Waals surface area contributed by atoms with Crippen LogP contribution in [0.4, 0.5) is 4.39 Å². The van der Waals surface area contributed by atoms with Crippen LogP contribution in [0.2, 0.25) is 0 Å². The maximum absolute atomic E-state index is 13.3. The van der Waals surface area contributed by atoms with Crippen molar-refractivity contribution in [1.29, 1.82) is 0 Å². The largest absolute Gasteiger partial charge is 0.465 e. The molecule has 0 bridgehead atoms. The number of hydrogen-bond acceptors (Lipinski definition) is 4. The van der Waals surface area contributed by atoms with Crippen molar-refractivity contribution in [1.82, 2.24) is 14.6 Å². The maximum Gasteiger partial charge on any atom is 0.202 e. The van der Waals surface area contributed by atoms with Gasteiger partial charge in [0.1, 0.15) is 11.6 Å². The number of hydrogen-bond donors (Lipinski definition) is 0. The van der Waals surface area contributed by atoms with Crippen molar-refractivity contribution in [2.24, 2.45) is 4.99 Å². The molecule has 1 atom stereocenters. The maximum atomic E-state index is 13.3. The summed E-state index contributed by atoms with van der Waals surface area (Å²) in [5, 5.41) is 4.56. The Hall–Kier alpha value is -3.54. The van der Waals surface area contributed by atoms with Crippen LogP contribution in [0.15, 0.2) is 65.9 Å². The molecule has 0 aliphatic carbocycles. The molecule has 0 N–H and O–H groups in total. The van der Waals surface area contributed by atoms with E-state index in [1.807, 2.05) is 61.9 Å². The second-order valence-corrected chi connectivity index (χ2v) is 7.86. The Morgan fingerprint density at radius 1 is 1.00 bits per heavy atom. The number of ether oxygens (including phenoxy) is 1. The van der Waals surface area contributed by atoms with Crippen LogP contribution >= 0.6 is 0 Å². The van der Waals surface area contributed by atoms with Crippen molar-refractivity contribution in [2.45, 2.75) is 32.9 Å². The molecule has 0 fully saturated rings. The van der Waals surface area contributed by atoms with Crippen LogP contribution in [0.5, 0.6) is 5.75 Å². The summed E-state index contributed by atoms with van der Waals surface area (Å²) in [5.41, 5.74) is 5.56. The zero-order valence-corrected chi connectivity index (χ0v) is 17.1. The lowest BCUT2D eigenvalue weighted by atomic mass is 9.97. The van der Waals surface area contributed by atoms with Gasteiger partial charge in [-0.3, -0.25) is 0 Å². The molecule has 1 aliphatic heterocycles. The molecule has 1 aliphatic rings. The van der Waals surface area contributed by atoms with Crippen LogP contribution in [-0.4, -0.2) is 26.0 Å². The molecule has 4 aromatic rings. The predicted molar refractivity (Wildman–Crippen MR) is 114 cm³/mol. The van der Waals surface area contributed by atoms with E-state index in [0.29, 0.717) is 6.42 Å². The number of aryl methyl sites for hydroxylation is 2. The molecule has 0 saturated carbocycles. The first-order valence-corrected chi connectivity index (χ1v) is 9.86. The van der Waals surface area contributed by atoms with Crippen molar-refractivity contribution < 1.29 is 9.13 Å². The number of benzene rings is 2. The number of fused-ring (bicyclic) bond motifs is 2. The third-order valence-corrected chi connectivity index (χ3v) is 5.53. The Morgan fingerprint density at radius 2 is 1.77 bits per heavy atom. The van der Waals surface area contributed by atoms with Crippen molar-refractivity contribution in [3.8, 4) is 5.75 Å². The summed E-state index contributed by atoms with van der Waals surface area (Å²) in [5.74, 6) is 0.501. The van der Waals surface area contributed by atoms with Gasteiger partial charge in [-0.25, -0.2) is 18.9 Å². The third kappa shape index (κ3) is 3.05. The second kappa shape index (κ2) is 6.76. The molecule has 5 rings (SSSR count). The minimum absolute atomic E-state index is 0.258. The Labute approximate surface area is 173 Å². The van der Waals surface area contributed by atoms with Gasteiger partial charge in [0.05, 0.1) is 17.5 Å². The van der Waals surface area contributed by atoms with Gasteiger partial charge in [0.2, 0.25) is 5.72 Å². The quantitative estimate of drug-likeness (QED) is 0.502. The van der Waals surface area contributed by atoms with Crippen LogP contribution in [0.1, 0.15) is 34.9 Å². The van der Waals surface area contributed by atoms with Crippen molar-refractivity contribution >= 4 is 11.4 Å². The van der Waals surface area contributed by atoms with Crippen molar-refractivity contribution in [2.75, 3.05) is 0 Å². The predicted octanol–water partition coefficient (Wildman–Crippen LogP) is 4.67. The Morgan fingerprint density at radius 3 is 2.57 bits per heavy atom. The number of nitrogens with zero attached hydrogens (tertiary/aromatic N) is 4. The number of aromatic nitrogens is 3. The highest BCUT2D eigenvalue weighted by molar-refractivity contribution is 6.18. The minimum atomic E-state index is -0.838. The average Bonchev–Trinajstić information content (AvgIpc) is 3.16. The summed E-state index contributed by atoms with van der Waals surface area (Å²) in [4.78, 5) is 9.65. The molecule has 2 aromatic carbocycles. The van der Waals surface area contributed by atoms with E-state index in [9.17, 15) is 4.39 Å². The van der Waals surface area contributed by atoms with Gasteiger partial charge in [-0.15, -0.1) is 0 Å². The number of para-hydroxylation sites is 1. The summed E-state index contributed by atoms with van der Waals surface area (Å²) >= 11 is 0. The van der Waals surface area contributed by atoms with Gasteiger partial charge in [-0.05, 0) is 56.2 Å². The Bertz CT molecular complexity index is 1290. The normalized spacial score (nSPS) is 18.1. The van der Waals surface area contributed by atoms with Gasteiger partial charge in [-0.2, -0.15) is 5.10 Å². The fourth-order valence-electron chi connectivity index (χ4n) is 3.87. The Kier molecular flexibility index (Phi) is 4.17. The van der Waals surface area contributed by atoms with E-state index >= 15 is 0 Å². The highest BCUT2D eigenvalue weighted by Gasteiger charge is 2.34. The standard InChI is InChI=1S/C24H21FN4O/c1-15-13-26-23-20(14-27-29(23)16(15)2)22-19-6-4-5-7-21(19)30-24(3,28-22)12-17-8-10-18(25)11-9-17/h4-11,13-14H,12H2,1-3H3. The molecule has 6 heteroatoms. The first kappa shape index (κ1) is 18.5. The topological polar surface area (TPSA) is 51.8 Å². The molecular formula is C24H21FN4O. The summed E-state index contributed by atoms with van der Waals surface area (Å²) in [6, 6.07) is 14.3. The van der Waals surface area contributed by atoms with E-state index in [0.717, 1.165) is 45.1 Å². The molecule has 0 radical (unpaired) electrons.